The first kappa shape index (κ1) is 13.7. The lowest BCUT2D eigenvalue weighted by Gasteiger charge is -2.16. The second kappa shape index (κ2) is 6.46. The molecule has 1 aromatic heterocycles. The average Bonchev–Trinajstić information content (AvgIpc) is 2.48. The summed E-state index contributed by atoms with van der Waals surface area (Å²) in [5.41, 5.74) is 5.92. The molecule has 6 nitrogen and oxygen atoms in total. The van der Waals surface area contributed by atoms with E-state index in [1.165, 1.54) is 0 Å². The molecular formula is C13H14FN5O. The predicted molar refractivity (Wildman–Crippen MR) is 74.5 cm³/mol. The highest BCUT2D eigenvalue weighted by molar-refractivity contribution is 5.30. The second-order valence-corrected chi connectivity index (χ2v) is 3.92. The number of allylic oxidation sites excluding steroid dienone is 2. The summed E-state index contributed by atoms with van der Waals surface area (Å²) in [4.78, 5) is 13.1. The largest absolute Gasteiger partial charge is 0.457 e. The highest BCUT2D eigenvalue weighted by Gasteiger charge is 2.06. The minimum atomic E-state index is -0.680. The molecule has 1 aliphatic heterocycles. The van der Waals surface area contributed by atoms with E-state index >= 15 is 0 Å². The maximum atomic E-state index is 12.9. The molecule has 2 heterocycles. The molecule has 20 heavy (non-hydrogen) atoms. The van der Waals surface area contributed by atoms with E-state index in [9.17, 15) is 4.39 Å². The van der Waals surface area contributed by atoms with Crippen LogP contribution in [0.25, 0.3) is 0 Å². The van der Waals surface area contributed by atoms with Crippen molar-refractivity contribution in [1.29, 1.82) is 0 Å². The van der Waals surface area contributed by atoms with Crippen molar-refractivity contribution in [2.75, 3.05) is 18.9 Å². The molecule has 0 amide bonds. The number of nitrogens with zero attached hydrogens (tertiary/aromatic N) is 4. The van der Waals surface area contributed by atoms with Gasteiger partial charge in [0.05, 0.1) is 11.9 Å². The Morgan fingerprint density at radius 2 is 2.45 bits per heavy atom. The standard InChI is InChI=1S/C13H14FN5O/c1-16-10(8-19-5-3-2-4-6-19)9-20-13-17-7-11(14)12(15)18-13/h2-5,7-8H,1,6,9H2,(H2,15,17,18)/b10-8-. The lowest BCUT2D eigenvalue weighted by molar-refractivity contribution is 0.318. The average molecular weight is 275 g/mol. The van der Waals surface area contributed by atoms with Gasteiger partial charge in [-0.3, -0.25) is 4.99 Å². The third-order valence-electron chi connectivity index (χ3n) is 2.46. The van der Waals surface area contributed by atoms with Crippen LogP contribution in [0.3, 0.4) is 0 Å². The highest BCUT2D eigenvalue weighted by Crippen LogP contribution is 2.11. The van der Waals surface area contributed by atoms with Crippen molar-refractivity contribution in [2.45, 2.75) is 0 Å². The number of hydrogen-bond acceptors (Lipinski definition) is 6. The molecule has 0 atom stereocenters. The van der Waals surface area contributed by atoms with Gasteiger partial charge in [0.15, 0.2) is 11.6 Å². The Hall–Kier alpha value is -2.70. The van der Waals surface area contributed by atoms with Gasteiger partial charge in [-0.2, -0.15) is 4.98 Å². The zero-order chi connectivity index (χ0) is 14.4. The fourth-order valence-electron chi connectivity index (χ4n) is 1.46. The topological polar surface area (TPSA) is 76.6 Å². The molecular weight excluding hydrogens is 261 g/mol. The van der Waals surface area contributed by atoms with Crippen LogP contribution < -0.4 is 10.5 Å². The summed E-state index contributed by atoms with van der Waals surface area (Å²) in [5, 5.41) is 0. The fourth-order valence-corrected chi connectivity index (χ4v) is 1.46. The number of nitrogens with two attached hydrogens (primary N) is 1. The molecule has 0 aromatic carbocycles. The zero-order valence-corrected chi connectivity index (χ0v) is 10.7. The van der Waals surface area contributed by atoms with Gasteiger partial charge in [-0.05, 0) is 12.8 Å². The minimum Gasteiger partial charge on any atom is -0.457 e. The van der Waals surface area contributed by atoms with E-state index in [1.807, 2.05) is 29.3 Å². The van der Waals surface area contributed by atoms with E-state index in [-0.39, 0.29) is 18.4 Å². The van der Waals surface area contributed by atoms with Crippen LogP contribution in [0.2, 0.25) is 0 Å². The Kier molecular flexibility index (Phi) is 4.43. The lowest BCUT2D eigenvalue weighted by atomic mass is 10.3. The van der Waals surface area contributed by atoms with Crippen LogP contribution in [-0.2, 0) is 0 Å². The quantitative estimate of drug-likeness (QED) is 0.824. The molecule has 1 aliphatic rings. The van der Waals surface area contributed by atoms with Gasteiger partial charge >= 0.3 is 6.01 Å². The predicted octanol–water partition coefficient (Wildman–Crippen LogP) is 1.50. The summed E-state index contributed by atoms with van der Waals surface area (Å²) in [7, 11) is 0. The fraction of sp³-hybridized carbons (Fsp3) is 0.154. The molecule has 0 bridgehead atoms. The highest BCUT2D eigenvalue weighted by atomic mass is 19.1. The number of rotatable bonds is 5. The first-order chi connectivity index (χ1) is 9.69. The van der Waals surface area contributed by atoms with Crippen LogP contribution in [0, 0.1) is 5.82 Å². The summed E-state index contributed by atoms with van der Waals surface area (Å²) >= 11 is 0. The molecule has 0 unspecified atom stereocenters. The summed E-state index contributed by atoms with van der Waals surface area (Å²) in [6.45, 7) is 4.34. The number of aromatic nitrogens is 2. The van der Waals surface area contributed by atoms with Crippen LogP contribution in [0.4, 0.5) is 10.2 Å². The van der Waals surface area contributed by atoms with E-state index in [4.69, 9.17) is 10.5 Å². The molecule has 0 saturated carbocycles. The third-order valence-corrected chi connectivity index (χ3v) is 2.46. The van der Waals surface area contributed by atoms with Crippen molar-refractivity contribution < 1.29 is 9.13 Å². The number of hydrogen-bond donors (Lipinski definition) is 1. The molecule has 0 aliphatic carbocycles. The van der Waals surface area contributed by atoms with Crippen LogP contribution in [0.5, 0.6) is 6.01 Å². The Morgan fingerprint density at radius 1 is 1.60 bits per heavy atom. The minimum absolute atomic E-state index is 0.00691. The number of anilines is 1. The van der Waals surface area contributed by atoms with Crippen LogP contribution >= 0.6 is 0 Å². The van der Waals surface area contributed by atoms with Crippen LogP contribution in [-0.4, -0.2) is 34.7 Å². The molecule has 0 radical (unpaired) electrons. The van der Waals surface area contributed by atoms with Gasteiger partial charge in [-0.1, -0.05) is 12.2 Å². The SMILES string of the molecule is C=N/C(=C\N1C=CC=CC1)COc1ncc(F)c(N)n1. The van der Waals surface area contributed by atoms with Crippen LogP contribution in [0.1, 0.15) is 0 Å². The normalized spacial score (nSPS) is 14.4. The van der Waals surface area contributed by atoms with Gasteiger partial charge in [0.1, 0.15) is 6.61 Å². The van der Waals surface area contributed by atoms with Crippen molar-refractivity contribution in [3.8, 4) is 6.01 Å². The molecule has 7 heteroatoms. The Labute approximate surface area is 115 Å². The molecule has 0 spiro atoms. The number of ether oxygens (including phenoxy) is 1. The van der Waals surface area contributed by atoms with Gasteiger partial charge < -0.3 is 15.4 Å². The van der Waals surface area contributed by atoms with Gasteiger partial charge in [-0.25, -0.2) is 9.37 Å². The van der Waals surface area contributed by atoms with Gasteiger partial charge in [0.2, 0.25) is 0 Å². The van der Waals surface area contributed by atoms with E-state index in [2.05, 4.69) is 21.7 Å². The smallest absolute Gasteiger partial charge is 0.318 e. The van der Waals surface area contributed by atoms with E-state index < -0.39 is 5.82 Å². The Morgan fingerprint density at radius 3 is 3.10 bits per heavy atom. The van der Waals surface area contributed by atoms with Crippen molar-refractivity contribution in [3.63, 3.8) is 0 Å². The van der Waals surface area contributed by atoms with E-state index in [1.54, 1.807) is 6.20 Å². The number of nitrogen functional groups attached to an aromatic ring is 1. The van der Waals surface area contributed by atoms with Crippen molar-refractivity contribution in [1.82, 2.24) is 14.9 Å². The van der Waals surface area contributed by atoms with Crippen molar-refractivity contribution in [2.24, 2.45) is 4.99 Å². The van der Waals surface area contributed by atoms with Crippen molar-refractivity contribution in [3.05, 3.63) is 48.3 Å². The van der Waals surface area contributed by atoms with E-state index in [0.29, 0.717) is 5.70 Å². The maximum Gasteiger partial charge on any atom is 0.318 e. The Balaban J connectivity index is 1.98. The van der Waals surface area contributed by atoms with Crippen LogP contribution in [0.15, 0.2) is 47.5 Å². The summed E-state index contributed by atoms with van der Waals surface area (Å²) in [6, 6.07) is -0.00691. The summed E-state index contributed by atoms with van der Waals surface area (Å²) < 4.78 is 18.2. The summed E-state index contributed by atoms with van der Waals surface area (Å²) in [6.07, 6.45) is 10.5. The van der Waals surface area contributed by atoms with Gasteiger partial charge in [0.25, 0.3) is 0 Å². The first-order valence-electron chi connectivity index (χ1n) is 5.86. The Bertz CT molecular complexity index is 582. The van der Waals surface area contributed by atoms with Gasteiger partial charge in [-0.15, -0.1) is 0 Å². The third kappa shape index (κ3) is 3.64. The molecule has 2 rings (SSSR count). The monoisotopic (exact) mass is 275 g/mol. The van der Waals surface area contributed by atoms with Gasteiger partial charge in [0, 0.05) is 18.9 Å². The molecule has 0 fully saturated rings. The molecule has 0 saturated heterocycles. The maximum absolute atomic E-state index is 12.9. The second-order valence-electron chi connectivity index (χ2n) is 3.92. The first-order valence-corrected chi connectivity index (χ1v) is 5.86. The van der Waals surface area contributed by atoms with Crippen molar-refractivity contribution >= 4 is 12.5 Å². The summed E-state index contributed by atoms with van der Waals surface area (Å²) in [5.74, 6) is -0.934. The molecule has 104 valence electrons. The lowest BCUT2D eigenvalue weighted by Crippen LogP contribution is -2.14. The number of aliphatic imine (C=N–C) groups is 1. The van der Waals surface area contributed by atoms with E-state index in [0.717, 1.165) is 12.7 Å². The molecule has 2 N–H and O–H groups in total. The zero-order valence-electron chi connectivity index (χ0n) is 10.7. The molecule has 1 aromatic rings. The number of halogens is 1.